The normalized spacial score (nSPS) is 12.2. The van der Waals surface area contributed by atoms with E-state index in [9.17, 15) is 0 Å². The molecule has 0 saturated heterocycles. The van der Waals surface area contributed by atoms with Crippen LogP contribution < -0.4 is 0 Å². The summed E-state index contributed by atoms with van der Waals surface area (Å²) in [6, 6.07) is 66.6. The van der Waals surface area contributed by atoms with E-state index in [1.54, 1.807) is 0 Å². The maximum Gasteiger partial charge on any atom is 0.0789 e. The molecular formula is C48H30N4. The summed E-state index contributed by atoms with van der Waals surface area (Å²) < 4.78 is 9.84. The molecule has 0 saturated carbocycles. The van der Waals surface area contributed by atoms with Crippen LogP contribution in [-0.2, 0) is 0 Å². The van der Waals surface area contributed by atoms with Crippen molar-refractivity contribution in [3.05, 3.63) is 182 Å². The molecule has 0 atom stereocenters. The second-order valence-corrected chi connectivity index (χ2v) is 13.8. The zero-order valence-corrected chi connectivity index (χ0v) is 28.1. The number of aromatic nitrogens is 4. The first-order chi connectivity index (χ1) is 25.8. The maximum atomic E-state index is 2.50. The van der Waals surface area contributed by atoms with Gasteiger partial charge in [0.1, 0.15) is 0 Å². The highest BCUT2D eigenvalue weighted by Crippen LogP contribution is 2.41. The molecule has 0 bridgehead atoms. The van der Waals surface area contributed by atoms with Crippen LogP contribution in [0.25, 0.3) is 98.9 Å². The molecule has 0 fully saturated rings. The van der Waals surface area contributed by atoms with E-state index in [-0.39, 0.29) is 0 Å². The molecule has 4 aromatic heterocycles. The Hall–Kier alpha value is -7.04. The van der Waals surface area contributed by atoms with Crippen LogP contribution in [0.15, 0.2) is 182 Å². The molecule has 0 radical (unpaired) electrons. The van der Waals surface area contributed by atoms with Gasteiger partial charge in [0, 0.05) is 43.7 Å². The van der Waals surface area contributed by atoms with E-state index in [0.717, 1.165) is 33.4 Å². The van der Waals surface area contributed by atoms with Crippen molar-refractivity contribution in [3.63, 3.8) is 0 Å². The Morgan fingerprint density at radius 3 is 0.904 bits per heavy atom. The van der Waals surface area contributed by atoms with Gasteiger partial charge in [-0.15, -0.1) is 0 Å². The number of fused-ring (bicyclic) bond motifs is 13. The minimum Gasteiger partial charge on any atom is -0.309 e. The van der Waals surface area contributed by atoms with E-state index in [4.69, 9.17) is 0 Å². The summed E-state index contributed by atoms with van der Waals surface area (Å²) in [5, 5.41) is 7.54. The zero-order chi connectivity index (χ0) is 33.9. The van der Waals surface area contributed by atoms with Crippen molar-refractivity contribution in [2.24, 2.45) is 0 Å². The minimum atomic E-state index is 1.09. The fourth-order valence-electron chi connectivity index (χ4n) is 9.05. The van der Waals surface area contributed by atoms with Gasteiger partial charge in [0.25, 0.3) is 0 Å². The van der Waals surface area contributed by atoms with E-state index in [1.807, 2.05) is 0 Å². The van der Waals surface area contributed by atoms with Crippen molar-refractivity contribution in [2.45, 2.75) is 0 Å². The van der Waals surface area contributed by atoms with E-state index in [2.05, 4.69) is 200 Å². The van der Waals surface area contributed by atoms with Gasteiger partial charge in [-0.1, -0.05) is 109 Å². The van der Waals surface area contributed by atoms with Gasteiger partial charge in [0.15, 0.2) is 0 Å². The van der Waals surface area contributed by atoms with Gasteiger partial charge < -0.3 is 17.9 Å². The lowest BCUT2D eigenvalue weighted by atomic mass is 10.1. The van der Waals surface area contributed by atoms with Gasteiger partial charge in [-0.3, -0.25) is 0 Å². The molecule has 4 nitrogen and oxygen atoms in total. The minimum absolute atomic E-state index is 1.09. The van der Waals surface area contributed by atoms with Crippen LogP contribution in [0.2, 0.25) is 0 Å². The third kappa shape index (κ3) is 3.55. The number of nitrogens with zero attached hydrogens (tertiary/aromatic N) is 4. The van der Waals surface area contributed by atoms with Crippen molar-refractivity contribution >= 4 is 87.5 Å². The average molecular weight is 663 g/mol. The van der Waals surface area contributed by atoms with Gasteiger partial charge in [-0.05, 0) is 72.8 Å². The molecule has 0 unspecified atom stereocenters. The number of rotatable bonds is 2. The number of hydrogen-bond donors (Lipinski definition) is 0. The van der Waals surface area contributed by atoms with Crippen LogP contribution in [-0.4, -0.2) is 17.9 Å². The van der Waals surface area contributed by atoms with Crippen LogP contribution in [0.1, 0.15) is 0 Å². The fraction of sp³-hybridized carbons (Fsp3) is 0. The van der Waals surface area contributed by atoms with Crippen LogP contribution in [0, 0.1) is 0 Å². The molecule has 0 N–H and O–H groups in total. The number of para-hydroxylation sites is 8. The standard InChI is InChI=1S/C48H30N4/c1-5-17-39-33(13-1)34-14-2-6-18-40(34)49(39)31-25-27-32(28-26-31)50-43-21-9-11-23-45(43)51-41-19-7-3-15-35(41)37-29-30-38-36-16-4-8-20-42(36)52(48(38)47(37)51)46-24-12-10-22-44(46)50/h1-30H. The van der Waals surface area contributed by atoms with Crippen LogP contribution in [0.4, 0.5) is 0 Å². The van der Waals surface area contributed by atoms with Crippen molar-refractivity contribution in [2.75, 3.05) is 0 Å². The molecule has 12 rings (SSSR count). The first-order valence-corrected chi connectivity index (χ1v) is 17.9. The Labute approximate surface area is 297 Å². The monoisotopic (exact) mass is 662 g/mol. The van der Waals surface area contributed by atoms with Crippen molar-refractivity contribution < 1.29 is 0 Å². The highest BCUT2D eigenvalue weighted by molar-refractivity contribution is 6.24. The first-order valence-electron chi connectivity index (χ1n) is 17.9. The SMILES string of the molecule is c1ccc2c(c1)c1ccccc1n2-c1ccc(-n2c3ccccc3n3c4ccccc4c4ccc5c6ccccc6n(c6ccccc62)c5c43)cc1. The molecule has 8 aromatic carbocycles. The average Bonchev–Trinajstić information content (AvgIpc) is 3.85. The largest absolute Gasteiger partial charge is 0.309 e. The Kier molecular flexibility index (Phi) is 5.47. The highest BCUT2D eigenvalue weighted by atomic mass is 15.0. The van der Waals surface area contributed by atoms with Gasteiger partial charge in [0.05, 0.1) is 55.2 Å². The Balaban J connectivity index is 1.29. The van der Waals surface area contributed by atoms with Gasteiger partial charge in [0.2, 0.25) is 0 Å². The highest BCUT2D eigenvalue weighted by Gasteiger charge is 2.20. The van der Waals surface area contributed by atoms with E-state index in [0.29, 0.717) is 0 Å². The summed E-state index contributed by atoms with van der Waals surface area (Å²) in [5.41, 5.74) is 14.0. The predicted octanol–water partition coefficient (Wildman–Crippen LogP) is 12.4. The summed E-state index contributed by atoms with van der Waals surface area (Å²) >= 11 is 0. The van der Waals surface area contributed by atoms with Crippen molar-refractivity contribution in [1.29, 1.82) is 0 Å². The van der Waals surface area contributed by atoms with Crippen molar-refractivity contribution in [1.82, 2.24) is 17.9 Å². The van der Waals surface area contributed by atoms with Crippen LogP contribution in [0.5, 0.6) is 0 Å². The summed E-state index contributed by atoms with van der Waals surface area (Å²) in [5.74, 6) is 0. The molecule has 52 heavy (non-hydrogen) atoms. The van der Waals surface area contributed by atoms with E-state index in [1.165, 1.54) is 65.4 Å². The van der Waals surface area contributed by atoms with Crippen molar-refractivity contribution in [3.8, 4) is 11.4 Å². The molecule has 242 valence electrons. The quantitative estimate of drug-likeness (QED) is 0.175. The van der Waals surface area contributed by atoms with Crippen LogP contribution >= 0.6 is 0 Å². The van der Waals surface area contributed by atoms with Gasteiger partial charge in [-0.2, -0.15) is 0 Å². The second-order valence-electron chi connectivity index (χ2n) is 13.8. The third-order valence-electron chi connectivity index (χ3n) is 11.1. The van der Waals surface area contributed by atoms with Gasteiger partial charge >= 0.3 is 0 Å². The molecule has 0 spiro atoms. The molecule has 0 aliphatic carbocycles. The smallest absolute Gasteiger partial charge is 0.0789 e. The maximum absolute atomic E-state index is 2.50. The summed E-state index contributed by atoms with van der Waals surface area (Å²) in [4.78, 5) is 0. The van der Waals surface area contributed by atoms with E-state index >= 15 is 0 Å². The summed E-state index contributed by atoms with van der Waals surface area (Å²) in [6.07, 6.45) is 0. The summed E-state index contributed by atoms with van der Waals surface area (Å²) in [6.45, 7) is 0. The molecule has 0 aliphatic rings. The lowest BCUT2D eigenvalue weighted by Crippen LogP contribution is -2.01. The number of hydrogen-bond acceptors (Lipinski definition) is 0. The molecule has 0 amide bonds. The lowest BCUT2D eigenvalue weighted by Gasteiger charge is -2.15. The first kappa shape index (κ1) is 27.7. The summed E-state index contributed by atoms with van der Waals surface area (Å²) in [7, 11) is 0. The molecule has 0 aliphatic heterocycles. The molecule has 4 heterocycles. The van der Waals surface area contributed by atoms with Crippen LogP contribution in [0.3, 0.4) is 0 Å². The molecular weight excluding hydrogens is 633 g/mol. The molecule has 12 aromatic rings. The fourth-order valence-corrected chi connectivity index (χ4v) is 9.05. The topological polar surface area (TPSA) is 18.7 Å². The second kappa shape index (κ2) is 10.3. The Morgan fingerprint density at radius 2 is 0.500 bits per heavy atom. The number of benzene rings is 8. The third-order valence-corrected chi connectivity index (χ3v) is 11.1. The molecule has 4 heteroatoms. The lowest BCUT2D eigenvalue weighted by molar-refractivity contribution is 1.13. The zero-order valence-electron chi connectivity index (χ0n) is 28.1. The Morgan fingerprint density at radius 1 is 0.212 bits per heavy atom. The van der Waals surface area contributed by atoms with E-state index < -0.39 is 0 Å². The predicted molar refractivity (Wildman–Crippen MR) is 218 cm³/mol. The van der Waals surface area contributed by atoms with Gasteiger partial charge in [-0.25, -0.2) is 0 Å². The Bertz CT molecular complexity index is 3250.